The van der Waals surface area contributed by atoms with Gasteiger partial charge in [-0.25, -0.2) is 4.79 Å². The summed E-state index contributed by atoms with van der Waals surface area (Å²) in [7, 11) is 1.29. The molecule has 0 radical (unpaired) electrons. The van der Waals surface area contributed by atoms with Crippen molar-refractivity contribution in [2.75, 3.05) is 12.4 Å². The number of anilines is 1. The lowest BCUT2D eigenvalue weighted by Crippen LogP contribution is -2.08. The minimum atomic E-state index is -1.18. The van der Waals surface area contributed by atoms with Gasteiger partial charge in [-0.1, -0.05) is 0 Å². The van der Waals surface area contributed by atoms with E-state index in [2.05, 4.69) is 5.32 Å². The van der Waals surface area contributed by atoms with Crippen LogP contribution in [0.5, 0.6) is 11.5 Å². The van der Waals surface area contributed by atoms with Crippen molar-refractivity contribution in [3.05, 3.63) is 17.7 Å². The molecule has 1 aromatic carbocycles. The predicted molar refractivity (Wildman–Crippen MR) is 55.9 cm³/mol. The number of methoxy groups -OCH3 is 1. The van der Waals surface area contributed by atoms with E-state index in [0.29, 0.717) is 0 Å². The van der Waals surface area contributed by atoms with Gasteiger partial charge in [-0.15, -0.1) is 0 Å². The van der Waals surface area contributed by atoms with E-state index in [9.17, 15) is 14.7 Å². The van der Waals surface area contributed by atoms with E-state index in [0.717, 1.165) is 6.07 Å². The molecule has 3 N–H and O–H groups in total. The highest BCUT2D eigenvalue weighted by Crippen LogP contribution is 2.35. The Morgan fingerprint density at radius 1 is 1.38 bits per heavy atom. The molecule has 0 saturated heterocycles. The molecular weight excluding hydrogens is 214 g/mol. The molecule has 0 aliphatic carbocycles. The molecule has 86 valence electrons. The number of hydrogen-bond donors (Lipinski definition) is 3. The van der Waals surface area contributed by atoms with Crippen LogP contribution in [0.15, 0.2) is 12.1 Å². The van der Waals surface area contributed by atoms with Crippen molar-refractivity contribution in [2.24, 2.45) is 0 Å². The van der Waals surface area contributed by atoms with Gasteiger partial charge < -0.3 is 20.3 Å². The average Bonchev–Trinajstić information content (AvgIpc) is 2.20. The number of aromatic hydroxyl groups is 1. The number of rotatable bonds is 3. The van der Waals surface area contributed by atoms with Crippen LogP contribution in [0.1, 0.15) is 17.3 Å². The highest BCUT2D eigenvalue weighted by atomic mass is 16.5. The number of hydrogen-bond acceptors (Lipinski definition) is 4. The minimum Gasteiger partial charge on any atom is -0.503 e. The van der Waals surface area contributed by atoms with Gasteiger partial charge >= 0.3 is 5.97 Å². The molecule has 0 atom stereocenters. The van der Waals surface area contributed by atoms with E-state index in [4.69, 9.17) is 9.84 Å². The summed E-state index contributed by atoms with van der Waals surface area (Å²) < 4.78 is 4.79. The molecule has 16 heavy (non-hydrogen) atoms. The number of carboxylic acids is 1. The Morgan fingerprint density at radius 2 is 2.00 bits per heavy atom. The number of ether oxygens (including phenoxy) is 1. The summed E-state index contributed by atoms with van der Waals surface area (Å²) in [5.74, 6) is -1.91. The van der Waals surface area contributed by atoms with Crippen molar-refractivity contribution in [3.8, 4) is 11.5 Å². The molecule has 0 aliphatic rings. The summed E-state index contributed by atoms with van der Waals surface area (Å²) in [5.41, 5.74) is -0.0809. The number of nitrogens with one attached hydrogen (secondary N) is 1. The highest BCUT2D eigenvalue weighted by Gasteiger charge is 2.14. The zero-order chi connectivity index (χ0) is 12.3. The molecule has 0 aromatic heterocycles. The van der Waals surface area contributed by atoms with E-state index >= 15 is 0 Å². The topological polar surface area (TPSA) is 95.9 Å². The smallest absolute Gasteiger partial charge is 0.335 e. The lowest BCUT2D eigenvalue weighted by molar-refractivity contribution is -0.114. The first-order valence-corrected chi connectivity index (χ1v) is 4.37. The zero-order valence-corrected chi connectivity index (χ0v) is 8.77. The molecule has 6 nitrogen and oxygen atoms in total. The zero-order valence-electron chi connectivity index (χ0n) is 8.77. The minimum absolute atomic E-state index is 0.00394. The molecule has 1 aromatic rings. The number of carbonyl (C=O) groups is 2. The molecule has 0 spiro atoms. The second-order valence-electron chi connectivity index (χ2n) is 3.06. The fourth-order valence-electron chi connectivity index (χ4n) is 1.17. The maximum atomic E-state index is 10.8. The van der Waals surface area contributed by atoms with Crippen LogP contribution < -0.4 is 10.1 Å². The van der Waals surface area contributed by atoms with E-state index in [1.165, 1.54) is 20.1 Å². The largest absolute Gasteiger partial charge is 0.503 e. The second-order valence-corrected chi connectivity index (χ2v) is 3.06. The normalized spacial score (nSPS) is 9.62. The number of amides is 1. The Bertz CT molecular complexity index is 441. The van der Waals surface area contributed by atoms with E-state index in [1.54, 1.807) is 0 Å². The first-order valence-electron chi connectivity index (χ1n) is 4.37. The van der Waals surface area contributed by atoms with Gasteiger partial charge in [0.1, 0.15) is 0 Å². The number of carbonyl (C=O) groups excluding carboxylic acids is 1. The number of aromatic carboxylic acids is 1. The van der Waals surface area contributed by atoms with Crippen LogP contribution in [-0.4, -0.2) is 29.2 Å². The maximum Gasteiger partial charge on any atom is 0.335 e. The molecule has 0 fully saturated rings. The summed E-state index contributed by atoms with van der Waals surface area (Å²) in [6, 6.07) is 2.32. The molecular formula is C10H11NO5. The second kappa shape index (κ2) is 4.52. The van der Waals surface area contributed by atoms with Crippen LogP contribution in [0.25, 0.3) is 0 Å². The van der Waals surface area contributed by atoms with Crippen LogP contribution in [0.2, 0.25) is 0 Å². The Labute approximate surface area is 91.5 Å². The lowest BCUT2D eigenvalue weighted by atomic mass is 10.1. The Hall–Kier alpha value is -2.24. The summed E-state index contributed by atoms with van der Waals surface area (Å²) >= 11 is 0. The molecule has 0 aliphatic heterocycles. The molecule has 6 heteroatoms. The molecule has 0 bridgehead atoms. The number of carboxylic acid groups (broad SMARTS) is 1. The Kier molecular flexibility index (Phi) is 3.34. The fourth-order valence-corrected chi connectivity index (χ4v) is 1.17. The van der Waals surface area contributed by atoms with E-state index in [1.807, 2.05) is 0 Å². The third kappa shape index (κ3) is 2.41. The predicted octanol–water partition coefficient (Wildman–Crippen LogP) is 1.06. The third-order valence-electron chi connectivity index (χ3n) is 1.85. The Morgan fingerprint density at radius 3 is 2.44 bits per heavy atom. The lowest BCUT2D eigenvalue weighted by Gasteiger charge is -2.10. The summed E-state index contributed by atoms with van der Waals surface area (Å²) in [4.78, 5) is 21.6. The summed E-state index contributed by atoms with van der Waals surface area (Å²) in [5, 5.41) is 20.7. The molecule has 0 saturated carbocycles. The van der Waals surface area contributed by atoms with Crippen molar-refractivity contribution < 1.29 is 24.5 Å². The van der Waals surface area contributed by atoms with Crippen molar-refractivity contribution in [3.63, 3.8) is 0 Å². The SMILES string of the molecule is COc1cc(C(=O)O)cc(NC(C)=O)c1O. The van der Waals surface area contributed by atoms with Crippen molar-refractivity contribution >= 4 is 17.6 Å². The van der Waals surface area contributed by atoms with Gasteiger partial charge in [-0.05, 0) is 12.1 Å². The molecule has 0 unspecified atom stereocenters. The van der Waals surface area contributed by atoms with Crippen molar-refractivity contribution in [1.29, 1.82) is 0 Å². The molecule has 1 amide bonds. The highest BCUT2D eigenvalue weighted by molar-refractivity contribution is 5.95. The summed E-state index contributed by atoms with van der Waals surface area (Å²) in [6.45, 7) is 1.25. The van der Waals surface area contributed by atoms with Crippen molar-refractivity contribution in [2.45, 2.75) is 6.92 Å². The van der Waals surface area contributed by atoms with Gasteiger partial charge in [0.15, 0.2) is 11.5 Å². The number of benzene rings is 1. The van der Waals surface area contributed by atoms with Crippen LogP contribution in [0, 0.1) is 0 Å². The van der Waals surface area contributed by atoms with Crippen LogP contribution in [-0.2, 0) is 4.79 Å². The Balaban J connectivity index is 3.29. The van der Waals surface area contributed by atoms with E-state index < -0.39 is 11.9 Å². The third-order valence-corrected chi connectivity index (χ3v) is 1.85. The van der Waals surface area contributed by atoms with Crippen LogP contribution in [0.4, 0.5) is 5.69 Å². The summed E-state index contributed by atoms with van der Waals surface area (Å²) in [6.07, 6.45) is 0. The van der Waals surface area contributed by atoms with Crippen molar-refractivity contribution in [1.82, 2.24) is 0 Å². The van der Waals surface area contributed by atoms with Gasteiger partial charge in [0, 0.05) is 6.92 Å². The van der Waals surface area contributed by atoms with E-state index in [-0.39, 0.29) is 22.7 Å². The van der Waals surface area contributed by atoms with Gasteiger partial charge in [-0.2, -0.15) is 0 Å². The van der Waals surface area contributed by atoms with Gasteiger partial charge in [0.05, 0.1) is 18.4 Å². The molecule has 0 heterocycles. The standard InChI is InChI=1S/C10H11NO5/c1-5(12)11-7-3-6(10(14)15)4-8(16-2)9(7)13/h3-4,13H,1-2H3,(H,11,12)(H,14,15). The monoisotopic (exact) mass is 225 g/mol. The van der Waals surface area contributed by atoms with Gasteiger partial charge in [0.25, 0.3) is 0 Å². The van der Waals surface area contributed by atoms with Gasteiger partial charge in [0.2, 0.25) is 5.91 Å². The van der Waals surface area contributed by atoms with Crippen LogP contribution in [0.3, 0.4) is 0 Å². The number of phenols is 1. The van der Waals surface area contributed by atoms with Crippen LogP contribution >= 0.6 is 0 Å². The fraction of sp³-hybridized carbons (Fsp3) is 0.200. The van der Waals surface area contributed by atoms with Gasteiger partial charge in [-0.3, -0.25) is 4.79 Å². The average molecular weight is 225 g/mol. The quantitative estimate of drug-likeness (QED) is 0.668. The number of phenolic OH excluding ortho intramolecular Hbond substituents is 1. The first kappa shape index (κ1) is 11.8. The molecule has 1 rings (SSSR count). The first-order chi connectivity index (χ1) is 7.45. The maximum absolute atomic E-state index is 10.8.